The summed E-state index contributed by atoms with van der Waals surface area (Å²) in [5.74, 6) is -0.980. The van der Waals surface area contributed by atoms with Gasteiger partial charge in [-0.2, -0.15) is 22.5 Å². The summed E-state index contributed by atoms with van der Waals surface area (Å²) < 4.78 is 65.6. The van der Waals surface area contributed by atoms with Crippen molar-refractivity contribution in [1.82, 2.24) is 14.3 Å². The maximum absolute atomic E-state index is 13.5. The van der Waals surface area contributed by atoms with Crippen molar-refractivity contribution >= 4 is 33.4 Å². The molecule has 32 heavy (non-hydrogen) atoms. The van der Waals surface area contributed by atoms with Crippen LogP contribution in [-0.4, -0.2) is 54.0 Å². The first-order valence-electron chi connectivity index (χ1n) is 9.86. The number of carbonyl (C=O) groups is 1. The summed E-state index contributed by atoms with van der Waals surface area (Å²) in [6.45, 7) is 0.280. The molecule has 0 bridgehead atoms. The highest BCUT2D eigenvalue weighted by Crippen LogP contribution is 2.35. The second-order valence-electron chi connectivity index (χ2n) is 7.65. The van der Waals surface area contributed by atoms with E-state index in [2.05, 4.69) is 20.7 Å². The molecule has 13 heteroatoms. The summed E-state index contributed by atoms with van der Waals surface area (Å²) in [6.07, 6.45) is -1.71. The number of hydrazine groups is 1. The topological polar surface area (TPSA) is 108 Å². The van der Waals surface area contributed by atoms with Crippen molar-refractivity contribution < 1.29 is 26.4 Å². The molecule has 0 aliphatic carbocycles. The fraction of sp³-hybridized carbons (Fsp3) is 0.421. The van der Waals surface area contributed by atoms with Crippen LogP contribution in [0.2, 0.25) is 0 Å². The van der Waals surface area contributed by atoms with E-state index in [1.165, 1.54) is 9.31 Å². The average Bonchev–Trinajstić information content (AvgIpc) is 3.30. The van der Waals surface area contributed by atoms with Crippen LogP contribution >= 0.6 is 0 Å². The van der Waals surface area contributed by atoms with Crippen molar-refractivity contribution in [2.24, 2.45) is 0 Å². The Kier molecular flexibility index (Phi) is 5.71. The second-order valence-corrected chi connectivity index (χ2v) is 9.59. The Labute approximate surface area is 182 Å². The van der Waals surface area contributed by atoms with Crippen LogP contribution in [0.1, 0.15) is 24.0 Å². The third kappa shape index (κ3) is 4.48. The van der Waals surface area contributed by atoms with E-state index in [4.69, 9.17) is 0 Å². The zero-order valence-electron chi connectivity index (χ0n) is 17.1. The molecular weight excluding hydrogens is 449 g/mol. The predicted molar refractivity (Wildman–Crippen MR) is 111 cm³/mol. The van der Waals surface area contributed by atoms with Gasteiger partial charge in [0, 0.05) is 25.3 Å². The van der Waals surface area contributed by atoms with E-state index >= 15 is 0 Å². The third-order valence-corrected chi connectivity index (χ3v) is 6.72. The van der Waals surface area contributed by atoms with Crippen molar-refractivity contribution in [3.8, 4) is 0 Å². The zero-order valence-corrected chi connectivity index (χ0v) is 17.9. The van der Waals surface area contributed by atoms with E-state index in [0.717, 1.165) is 11.8 Å². The minimum Gasteiger partial charge on any atom is -0.368 e. The molecule has 4 rings (SSSR count). The number of para-hydroxylation sites is 1. The Morgan fingerprint density at radius 1 is 1.25 bits per heavy atom. The van der Waals surface area contributed by atoms with E-state index < -0.39 is 33.6 Å². The summed E-state index contributed by atoms with van der Waals surface area (Å²) in [5, 5.41) is 3.84. The number of fused-ring (bicyclic) bond motifs is 1. The number of hydrogen-bond donors (Lipinski definition) is 2. The van der Waals surface area contributed by atoms with Crippen LogP contribution in [0.25, 0.3) is 0 Å². The first-order valence-corrected chi connectivity index (χ1v) is 11.7. The fourth-order valence-electron chi connectivity index (χ4n) is 3.92. The van der Waals surface area contributed by atoms with Crippen LogP contribution in [-0.2, 0) is 27.4 Å². The van der Waals surface area contributed by atoms with Gasteiger partial charge >= 0.3 is 6.18 Å². The van der Waals surface area contributed by atoms with Gasteiger partial charge in [-0.25, -0.2) is 18.4 Å². The monoisotopic (exact) mass is 470 g/mol. The first kappa shape index (κ1) is 22.3. The number of carbonyl (C=O) groups excluding carboxylic acids is 1. The molecule has 1 atom stereocenters. The number of anilines is 3. The molecule has 1 aromatic carbocycles. The molecule has 2 aliphatic heterocycles. The zero-order chi connectivity index (χ0) is 23.1. The molecule has 1 aromatic heterocycles. The van der Waals surface area contributed by atoms with Gasteiger partial charge in [0.1, 0.15) is 11.4 Å². The van der Waals surface area contributed by atoms with E-state index in [1.807, 2.05) is 0 Å². The number of rotatable bonds is 6. The minimum atomic E-state index is -4.72. The summed E-state index contributed by atoms with van der Waals surface area (Å²) in [4.78, 5) is 20.0. The van der Waals surface area contributed by atoms with Crippen LogP contribution in [0.5, 0.6) is 0 Å². The number of halogens is 3. The van der Waals surface area contributed by atoms with Crippen molar-refractivity contribution in [2.75, 3.05) is 35.1 Å². The van der Waals surface area contributed by atoms with E-state index in [-0.39, 0.29) is 24.8 Å². The van der Waals surface area contributed by atoms with Crippen LogP contribution in [0.3, 0.4) is 0 Å². The lowest BCUT2D eigenvalue weighted by molar-refractivity contribution is -0.137. The molecule has 0 radical (unpaired) electrons. The van der Waals surface area contributed by atoms with Crippen LogP contribution < -0.4 is 15.8 Å². The van der Waals surface area contributed by atoms with Gasteiger partial charge in [0.15, 0.2) is 0 Å². The quantitative estimate of drug-likeness (QED) is 0.667. The van der Waals surface area contributed by atoms with Crippen LogP contribution in [0, 0.1) is 0 Å². The standard InChI is InChI=1S/C19H21F3N6O3S/c1-32(30,31)27-8-4-6-13(27)10-23-17-14(19(20,21)22)11-24-18(25-17)26-28-15-7-3-2-5-12(15)9-16(28)29/h2-3,5,7,11,13H,4,6,8-10H2,1H3,(H2,23,24,25,26). The van der Waals surface area contributed by atoms with Gasteiger partial charge in [-0.05, 0) is 24.5 Å². The van der Waals surface area contributed by atoms with E-state index in [9.17, 15) is 26.4 Å². The third-order valence-electron chi connectivity index (χ3n) is 5.38. The lowest BCUT2D eigenvalue weighted by atomic mass is 10.2. The number of alkyl halides is 3. The summed E-state index contributed by atoms with van der Waals surface area (Å²) in [7, 11) is -3.47. The molecule has 2 aliphatic rings. The van der Waals surface area contributed by atoms with Crippen molar-refractivity contribution in [3.63, 3.8) is 0 Å². The molecule has 0 spiro atoms. The SMILES string of the molecule is CS(=O)(=O)N1CCCC1CNc1nc(NN2C(=O)Cc3ccccc32)ncc1C(F)(F)F. The minimum absolute atomic E-state index is 0.0436. The molecular formula is C19H21F3N6O3S. The van der Waals surface area contributed by atoms with Gasteiger partial charge in [0.05, 0.1) is 18.4 Å². The Balaban J connectivity index is 1.57. The lowest BCUT2D eigenvalue weighted by Crippen LogP contribution is -2.39. The molecule has 1 unspecified atom stereocenters. The van der Waals surface area contributed by atoms with Gasteiger partial charge in [-0.15, -0.1) is 0 Å². The maximum atomic E-state index is 13.5. The Morgan fingerprint density at radius 2 is 2.00 bits per heavy atom. The molecule has 2 N–H and O–H groups in total. The number of benzene rings is 1. The van der Waals surface area contributed by atoms with Crippen molar-refractivity contribution in [3.05, 3.63) is 41.6 Å². The molecule has 9 nitrogen and oxygen atoms in total. The average molecular weight is 470 g/mol. The molecule has 3 heterocycles. The number of hydrogen-bond acceptors (Lipinski definition) is 7. The Morgan fingerprint density at radius 3 is 2.72 bits per heavy atom. The molecule has 1 fully saturated rings. The smallest absolute Gasteiger partial charge is 0.368 e. The molecule has 1 saturated heterocycles. The first-order chi connectivity index (χ1) is 15.0. The second kappa shape index (κ2) is 8.20. The number of aromatic nitrogens is 2. The Bertz CT molecular complexity index is 1140. The van der Waals surface area contributed by atoms with Crippen LogP contribution in [0.15, 0.2) is 30.5 Å². The fourth-order valence-corrected chi connectivity index (χ4v) is 5.10. The summed E-state index contributed by atoms with van der Waals surface area (Å²) in [5.41, 5.74) is 2.94. The van der Waals surface area contributed by atoms with Crippen LogP contribution in [0.4, 0.5) is 30.6 Å². The predicted octanol–water partition coefficient (Wildman–Crippen LogP) is 2.25. The van der Waals surface area contributed by atoms with Gasteiger partial charge < -0.3 is 5.32 Å². The highest BCUT2D eigenvalue weighted by atomic mass is 32.2. The molecule has 1 amide bonds. The van der Waals surface area contributed by atoms with Gasteiger partial charge in [-0.1, -0.05) is 18.2 Å². The molecule has 0 saturated carbocycles. The summed E-state index contributed by atoms with van der Waals surface area (Å²) in [6, 6.07) is 6.53. The normalized spacial score (nSPS) is 19.3. The molecule has 2 aromatic rings. The highest BCUT2D eigenvalue weighted by molar-refractivity contribution is 7.88. The summed E-state index contributed by atoms with van der Waals surface area (Å²) >= 11 is 0. The number of nitrogens with zero attached hydrogens (tertiary/aromatic N) is 4. The number of sulfonamides is 1. The van der Waals surface area contributed by atoms with Gasteiger partial charge in [0.2, 0.25) is 21.9 Å². The number of nitrogens with one attached hydrogen (secondary N) is 2. The van der Waals surface area contributed by atoms with Gasteiger partial charge in [-0.3, -0.25) is 10.2 Å². The Hall–Kier alpha value is -2.93. The van der Waals surface area contributed by atoms with E-state index in [1.54, 1.807) is 24.3 Å². The number of amides is 1. The van der Waals surface area contributed by atoms with E-state index in [0.29, 0.717) is 31.3 Å². The van der Waals surface area contributed by atoms with Gasteiger partial charge in [0.25, 0.3) is 0 Å². The lowest BCUT2D eigenvalue weighted by Gasteiger charge is -2.24. The largest absolute Gasteiger partial charge is 0.421 e. The van der Waals surface area contributed by atoms with Crippen molar-refractivity contribution in [2.45, 2.75) is 31.5 Å². The highest BCUT2D eigenvalue weighted by Gasteiger charge is 2.37. The molecule has 172 valence electrons. The van der Waals surface area contributed by atoms with Crippen molar-refractivity contribution in [1.29, 1.82) is 0 Å². The maximum Gasteiger partial charge on any atom is 0.421 e.